The SMILES string of the molecule is CC[C@@H](O)c1cc(C)c(-c2cc3nc(NC(=O)C4CC4)sc3c3c2ncn3C)cn1. The lowest BCUT2D eigenvalue weighted by molar-refractivity contribution is -0.117. The van der Waals surface area contributed by atoms with Gasteiger partial charge in [-0.2, -0.15) is 0 Å². The number of aryl methyl sites for hydroxylation is 2. The first-order chi connectivity index (χ1) is 14.5. The second-order valence-electron chi connectivity index (χ2n) is 7.96. The van der Waals surface area contributed by atoms with Crippen LogP contribution in [0.1, 0.15) is 43.5 Å². The number of thiazole rings is 1. The summed E-state index contributed by atoms with van der Waals surface area (Å²) in [5.41, 5.74) is 6.31. The molecule has 30 heavy (non-hydrogen) atoms. The van der Waals surface area contributed by atoms with E-state index in [0.717, 1.165) is 50.8 Å². The Hall–Kier alpha value is -2.84. The average Bonchev–Trinajstić information content (AvgIpc) is 3.41. The van der Waals surface area contributed by atoms with E-state index in [1.807, 2.05) is 37.6 Å². The molecule has 1 fully saturated rings. The van der Waals surface area contributed by atoms with Crippen LogP contribution in [0.3, 0.4) is 0 Å². The van der Waals surface area contributed by atoms with Crippen LogP contribution in [-0.2, 0) is 11.8 Å². The molecule has 0 radical (unpaired) electrons. The number of aliphatic hydroxyl groups is 1. The lowest BCUT2D eigenvalue weighted by Gasteiger charge is -2.12. The molecule has 1 aliphatic carbocycles. The number of carbonyl (C=O) groups is 1. The monoisotopic (exact) mass is 421 g/mol. The first-order valence-electron chi connectivity index (χ1n) is 10.2. The zero-order valence-corrected chi connectivity index (χ0v) is 18.0. The van der Waals surface area contributed by atoms with E-state index < -0.39 is 6.10 Å². The molecule has 1 aromatic carbocycles. The fraction of sp³-hybridized carbons (Fsp3) is 0.364. The van der Waals surface area contributed by atoms with E-state index >= 15 is 0 Å². The van der Waals surface area contributed by atoms with E-state index in [9.17, 15) is 9.90 Å². The van der Waals surface area contributed by atoms with Crippen LogP contribution < -0.4 is 5.32 Å². The van der Waals surface area contributed by atoms with Crippen LogP contribution in [0.15, 0.2) is 24.7 Å². The number of hydrogen-bond acceptors (Lipinski definition) is 6. The van der Waals surface area contributed by atoms with Crippen molar-refractivity contribution in [2.24, 2.45) is 13.0 Å². The molecule has 0 bridgehead atoms. The molecule has 2 N–H and O–H groups in total. The predicted molar refractivity (Wildman–Crippen MR) is 118 cm³/mol. The highest BCUT2D eigenvalue weighted by molar-refractivity contribution is 7.23. The normalized spacial score (nSPS) is 15.1. The minimum Gasteiger partial charge on any atom is -0.387 e. The van der Waals surface area contributed by atoms with Crippen LogP contribution in [0.2, 0.25) is 0 Å². The molecule has 3 heterocycles. The fourth-order valence-corrected chi connectivity index (χ4v) is 4.80. The van der Waals surface area contributed by atoms with E-state index in [1.165, 1.54) is 11.3 Å². The summed E-state index contributed by atoms with van der Waals surface area (Å²) in [6.07, 6.45) is 5.58. The Morgan fingerprint density at radius 2 is 2.13 bits per heavy atom. The number of imidazole rings is 1. The van der Waals surface area contributed by atoms with Crippen LogP contribution in [0.4, 0.5) is 5.13 Å². The van der Waals surface area contributed by atoms with Gasteiger partial charge < -0.3 is 15.0 Å². The molecule has 1 atom stereocenters. The number of fused-ring (bicyclic) bond motifs is 3. The average molecular weight is 422 g/mol. The number of benzene rings is 1. The Labute approximate surface area is 177 Å². The summed E-state index contributed by atoms with van der Waals surface area (Å²) in [5, 5.41) is 13.7. The van der Waals surface area contributed by atoms with Gasteiger partial charge in [-0.25, -0.2) is 9.97 Å². The van der Waals surface area contributed by atoms with E-state index in [-0.39, 0.29) is 11.8 Å². The summed E-state index contributed by atoms with van der Waals surface area (Å²) in [6.45, 7) is 3.95. The third-order valence-electron chi connectivity index (χ3n) is 5.67. The molecule has 4 aromatic rings. The first kappa shape index (κ1) is 19.1. The third-order valence-corrected chi connectivity index (χ3v) is 6.66. The van der Waals surface area contributed by atoms with Crippen molar-refractivity contribution in [2.75, 3.05) is 5.32 Å². The molecule has 8 heteroatoms. The van der Waals surface area contributed by atoms with Gasteiger partial charge in [0.1, 0.15) is 0 Å². The van der Waals surface area contributed by atoms with E-state index in [2.05, 4.69) is 15.3 Å². The second-order valence-corrected chi connectivity index (χ2v) is 8.95. The predicted octanol–water partition coefficient (Wildman–Crippen LogP) is 4.35. The fourth-order valence-electron chi connectivity index (χ4n) is 3.76. The Kier molecular flexibility index (Phi) is 4.56. The van der Waals surface area contributed by atoms with Gasteiger partial charge in [-0.3, -0.25) is 9.78 Å². The molecule has 1 amide bonds. The minimum atomic E-state index is -0.564. The minimum absolute atomic E-state index is 0.0562. The number of pyridine rings is 1. The van der Waals surface area contributed by atoms with E-state index in [1.54, 1.807) is 12.5 Å². The number of anilines is 1. The number of hydrogen-bond donors (Lipinski definition) is 2. The Bertz CT molecular complexity index is 1290. The molecular weight excluding hydrogens is 398 g/mol. The molecule has 154 valence electrons. The summed E-state index contributed by atoms with van der Waals surface area (Å²) in [5.74, 6) is 0.190. The second kappa shape index (κ2) is 7.14. The van der Waals surface area contributed by atoms with Crippen molar-refractivity contribution in [1.82, 2.24) is 19.5 Å². The maximum atomic E-state index is 12.2. The molecule has 0 saturated heterocycles. The van der Waals surface area contributed by atoms with Crippen molar-refractivity contribution < 1.29 is 9.90 Å². The lowest BCUT2D eigenvalue weighted by Crippen LogP contribution is -2.12. The zero-order chi connectivity index (χ0) is 21.0. The van der Waals surface area contributed by atoms with Gasteiger partial charge in [-0.15, -0.1) is 0 Å². The maximum Gasteiger partial charge on any atom is 0.229 e. The Morgan fingerprint density at radius 1 is 1.33 bits per heavy atom. The van der Waals surface area contributed by atoms with Gasteiger partial charge in [0.2, 0.25) is 5.91 Å². The van der Waals surface area contributed by atoms with Gasteiger partial charge in [-0.05, 0) is 43.9 Å². The van der Waals surface area contributed by atoms with Gasteiger partial charge in [0.05, 0.1) is 39.4 Å². The summed E-state index contributed by atoms with van der Waals surface area (Å²) < 4.78 is 2.99. The zero-order valence-electron chi connectivity index (χ0n) is 17.1. The third kappa shape index (κ3) is 3.16. The van der Waals surface area contributed by atoms with Crippen LogP contribution >= 0.6 is 11.3 Å². The molecule has 0 unspecified atom stereocenters. The summed E-state index contributed by atoms with van der Waals surface area (Å²) in [6, 6.07) is 3.96. The maximum absolute atomic E-state index is 12.2. The molecule has 1 aliphatic rings. The molecule has 7 nitrogen and oxygen atoms in total. The molecule has 0 spiro atoms. The quantitative estimate of drug-likeness (QED) is 0.500. The van der Waals surface area contributed by atoms with Crippen molar-refractivity contribution in [3.63, 3.8) is 0 Å². The van der Waals surface area contributed by atoms with E-state index in [0.29, 0.717) is 17.2 Å². The number of amides is 1. The summed E-state index contributed by atoms with van der Waals surface area (Å²) in [7, 11) is 1.96. The van der Waals surface area contributed by atoms with Crippen molar-refractivity contribution in [1.29, 1.82) is 0 Å². The molecule has 5 rings (SSSR count). The molecule has 1 saturated carbocycles. The summed E-state index contributed by atoms with van der Waals surface area (Å²) >= 11 is 1.48. The number of carbonyl (C=O) groups excluding carboxylic acids is 1. The highest BCUT2D eigenvalue weighted by atomic mass is 32.1. The van der Waals surface area contributed by atoms with Crippen molar-refractivity contribution in [3.8, 4) is 11.1 Å². The largest absolute Gasteiger partial charge is 0.387 e. The van der Waals surface area contributed by atoms with Gasteiger partial charge in [0.25, 0.3) is 0 Å². The Balaban J connectivity index is 1.65. The topological polar surface area (TPSA) is 92.9 Å². The highest BCUT2D eigenvalue weighted by Gasteiger charge is 2.30. The van der Waals surface area contributed by atoms with Gasteiger partial charge in [0, 0.05) is 30.3 Å². The van der Waals surface area contributed by atoms with Crippen LogP contribution in [-0.4, -0.2) is 30.5 Å². The highest BCUT2D eigenvalue weighted by Crippen LogP contribution is 2.39. The number of rotatable bonds is 5. The van der Waals surface area contributed by atoms with Gasteiger partial charge in [0.15, 0.2) is 5.13 Å². The van der Waals surface area contributed by atoms with Crippen molar-refractivity contribution in [3.05, 3.63) is 35.9 Å². The van der Waals surface area contributed by atoms with E-state index in [4.69, 9.17) is 4.98 Å². The first-order valence-corrected chi connectivity index (χ1v) is 11.0. The summed E-state index contributed by atoms with van der Waals surface area (Å²) in [4.78, 5) is 26.0. The number of aliphatic hydroxyl groups excluding tert-OH is 1. The van der Waals surface area contributed by atoms with Crippen LogP contribution in [0, 0.1) is 12.8 Å². The van der Waals surface area contributed by atoms with Crippen molar-refractivity contribution in [2.45, 2.75) is 39.2 Å². The smallest absolute Gasteiger partial charge is 0.229 e. The number of aromatic nitrogens is 4. The standard InChI is InChI=1S/C22H23N5O2S/c1-4-17(28)15-7-11(2)14(9-23-15)13-8-16-20(19-18(13)24-10-27(19)3)30-22(25-16)26-21(29)12-5-6-12/h7-10,12,17,28H,4-6H2,1-3H3,(H,25,26,29)/t17-/m1/s1. The van der Waals surface area contributed by atoms with Crippen molar-refractivity contribution >= 4 is 43.6 Å². The Morgan fingerprint density at radius 3 is 2.83 bits per heavy atom. The number of nitrogens with one attached hydrogen (secondary N) is 1. The van der Waals surface area contributed by atoms with Crippen LogP contribution in [0.5, 0.6) is 0 Å². The lowest BCUT2D eigenvalue weighted by atomic mass is 9.99. The van der Waals surface area contributed by atoms with Gasteiger partial charge >= 0.3 is 0 Å². The van der Waals surface area contributed by atoms with Gasteiger partial charge in [-0.1, -0.05) is 18.3 Å². The number of nitrogens with zero attached hydrogens (tertiary/aromatic N) is 4. The molecule has 3 aromatic heterocycles. The molecular formula is C22H23N5O2S. The molecule has 0 aliphatic heterocycles. The van der Waals surface area contributed by atoms with Crippen LogP contribution in [0.25, 0.3) is 32.4 Å².